The number of nitrogens with zero attached hydrogens (tertiary/aromatic N) is 1. The summed E-state index contributed by atoms with van der Waals surface area (Å²) in [5.74, 6) is 4.28. The number of para-hydroxylation sites is 1. The summed E-state index contributed by atoms with van der Waals surface area (Å²) in [6.07, 6.45) is -0.0247. The summed E-state index contributed by atoms with van der Waals surface area (Å²) in [5.41, 5.74) is 1.94. The van der Waals surface area contributed by atoms with Crippen LogP contribution < -0.4 is 15.5 Å². The normalized spacial score (nSPS) is 13.5. The molecule has 11 heteroatoms. The van der Waals surface area contributed by atoms with Crippen molar-refractivity contribution in [2.75, 3.05) is 24.6 Å². The largest absolute Gasteiger partial charge is 0.396 e. The lowest BCUT2D eigenvalue weighted by Crippen LogP contribution is -2.49. The van der Waals surface area contributed by atoms with E-state index in [1.165, 1.54) is 0 Å². The van der Waals surface area contributed by atoms with Gasteiger partial charge in [0, 0.05) is 42.7 Å². The fourth-order valence-corrected chi connectivity index (χ4v) is 4.55. The van der Waals surface area contributed by atoms with E-state index in [0.29, 0.717) is 11.3 Å². The predicted octanol–water partition coefficient (Wildman–Crippen LogP) is 1.22. The summed E-state index contributed by atoms with van der Waals surface area (Å²) in [6.45, 7) is 2.26. The Labute approximate surface area is 222 Å². The molecular weight excluding hydrogens is 510 g/mol. The predicted molar refractivity (Wildman–Crippen MR) is 142 cm³/mol. The van der Waals surface area contributed by atoms with Crippen molar-refractivity contribution in [2.45, 2.75) is 38.5 Å². The van der Waals surface area contributed by atoms with Crippen LogP contribution in [0, 0.1) is 17.3 Å². The van der Waals surface area contributed by atoms with Crippen LogP contribution in [0.5, 0.6) is 0 Å². The number of anilines is 1. The molecule has 0 saturated carbocycles. The molecule has 0 radical (unpaired) electrons. The first kappa shape index (κ1) is 28.8. The van der Waals surface area contributed by atoms with Crippen LogP contribution >= 0.6 is 0 Å². The number of rotatable bonds is 10. The van der Waals surface area contributed by atoms with Crippen molar-refractivity contribution in [1.29, 1.82) is 0 Å². The Morgan fingerprint density at radius 1 is 1.03 bits per heavy atom. The zero-order valence-electron chi connectivity index (χ0n) is 21.2. The molecule has 3 rings (SSSR count). The van der Waals surface area contributed by atoms with Crippen molar-refractivity contribution >= 4 is 33.5 Å². The van der Waals surface area contributed by atoms with Gasteiger partial charge in [-0.15, -0.1) is 0 Å². The van der Waals surface area contributed by atoms with Gasteiger partial charge in [-0.25, -0.2) is 0 Å². The number of hydrogen-bond donors (Lipinski definition) is 4. The number of carbonyl (C=O) groups is 3. The maximum Gasteiger partial charge on any atom is 0.278 e. The van der Waals surface area contributed by atoms with Crippen molar-refractivity contribution in [3.8, 4) is 11.8 Å². The Bertz CT molecular complexity index is 1380. The number of carbonyl (C=O) groups excluding carboxylic acids is 3. The highest BCUT2D eigenvalue weighted by Crippen LogP contribution is 2.26. The van der Waals surface area contributed by atoms with Gasteiger partial charge >= 0.3 is 0 Å². The molecule has 0 saturated heterocycles. The summed E-state index contributed by atoms with van der Waals surface area (Å²) in [5, 5.41) is 11.8. The van der Waals surface area contributed by atoms with Crippen molar-refractivity contribution in [3.05, 3.63) is 65.2 Å². The van der Waals surface area contributed by atoms with E-state index in [-0.39, 0.29) is 38.4 Å². The standard InChI is InChI=1S/C27H31N3O7S/c1-27(2,14-16-31)26(34)29-17-23(38(35,36)37)25(33)28-15-13-24(32)30-18-21-9-4-3-7-19(21)11-12-20-8-5-6-10-22(20)30/h3-10,23,31H,13-18H2,1-2H3,(H,28,33)(H,29,34)(H,35,36,37). The third kappa shape index (κ3) is 7.19. The number of benzene rings is 2. The molecule has 1 heterocycles. The van der Waals surface area contributed by atoms with E-state index in [2.05, 4.69) is 22.5 Å². The van der Waals surface area contributed by atoms with E-state index in [9.17, 15) is 27.4 Å². The quantitative estimate of drug-likeness (QED) is 0.261. The SMILES string of the molecule is CC(C)(CCO)C(=O)NCC(C(=O)NCCC(=O)N1Cc2ccccc2C#Cc2ccccc21)S(=O)(=O)O. The lowest BCUT2D eigenvalue weighted by molar-refractivity contribution is -0.130. The van der Waals surface area contributed by atoms with Crippen molar-refractivity contribution in [3.63, 3.8) is 0 Å². The van der Waals surface area contributed by atoms with Crippen molar-refractivity contribution in [2.24, 2.45) is 5.41 Å². The summed E-state index contributed by atoms with van der Waals surface area (Å²) < 4.78 is 33.3. The molecule has 0 aliphatic carbocycles. The molecular formula is C27H31N3O7S. The second-order valence-electron chi connectivity index (χ2n) is 9.52. The molecule has 2 aromatic rings. The van der Waals surface area contributed by atoms with E-state index in [0.717, 1.165) is 11.1 Å². The Hall–Kier alpha value is -3.72. The average molecular weight is 542 g/mol. The van der Waals surface area contributed by atoms with E-state index >= 15 is 0 Å². The van der Waals surface area contributed by atoms with Crippen LogP contribution in [0.3, 0.4) is 0 Å². The highest BCUT2D eigenvalue weighted by Gasteiger charge is 2.34. The van der Waals surface area contributed by atoms with E-state index < -0.39 is 39.1 Å². The van der Waals surface area contributed by atoms with Crippen LogP contribution in [-0.4, -0.2) is 60.7 Å². The van der Waals surface area contributed by atoms with Crippen LogP contribution in [0.2, 0.25) is 0 Å². The second-order valence-corrected chi connectivity index (χ2v) is 11.1. The maximum absolute atomic E-state index is 13.3. The first-order valence-electron chi connectivity index (χ1n) is 12.1. The van der Waals surface area contributed by atoms with Gasteiger partial charge in [0.05, 0.1) is 12.2 Å². The number of nitrogens with one attached hydrogen (secondary N) is 2. The van der Waals surface area contributed by atoms with Gasteiger partial charge in [0.1, 0.15) is 0 Å². The summed E-state index contributed by atoms with van der Waals surface area (Å²) in [4.78, 5) is 39.8. The first-order valence-corrected chi connectivity index (χ1v) is 13.6. The van der Waals surface area contributed by atoms with Gasteiger partial charge < -0.3 is 20.6 Å². The van der Waals surface area contributed by atoms with E-state index in [1.54, 1.807) is 30.9 Å². The molecule has 0 aromatic heterocycles. The molecule has 10 nitrogen and oxygen atoms in total. The summed E-state index contributed by atoms with van der Waals surface area (Å²) >= 11 is 0. The van der Waals surface area contributed by atoms with Gasteiger partial charge in [0.2, 0.25) is 17.7 Å². The molecule has 1 aliphatic rings. The molecule has 1 atom stereocenters. The van der Waals surface area contributed by atoms with Crippen molar-refractivity contribution in [1.82, 2.24) is 10.6 Å². The van der Waals surface area contributed by atoms with Crippen molar-refractivity contribution < 1.29 is 32.5 Å². The smallest absolute Gasteiger partial charge is 0.278 e. The highest BCUT2D eigenvalue weighted by atomic mass is 32.2. The Balaban J connectivity index is 1.68. The molecule has 0 bridgehead atoms. The Morgan fingerprint density at radius 2 is 1.66 bits per heavy atom. The molecule has 0 spiro atoms. The van der Waals surface area contributed by atoms with Crippen LogP contribution in [0.25, 0.3) is 0 Å². The lowest BCUT2D eigenvalue weighted by Gasteiger charge is -2.26. The average Bonchev–Trinajstić information content (AvgIpc) is 2.84. The highest BCUT2D eigenvalue weighted by molar-refractivity contribution is 7.87. The topological polar surface area (TPSA) is 153 Å². The zero-order chi connectivity index (χ0) is 27.9. The fraction of sp³-hybridized carbons (Fsp3) is 0.370. The number of aliphatic hydroxyl groups is 1. The molecule has 1 unspecified atom stereocenters. The number of amides is 3. The minimum Gasteiger partial charge on any atom is -0.396 e. The van der Waals surface area contributed by atoms with Gasteiger partial charge in [-0.3, -0.25) is 18.9 Å². The Morgan fingerprint density at radius 3 is 2.34 bits per heavy atom. The molecule has 1 aliphatic heterocycles. The summed E-state index contributed by atoms with van der Waals surface area (Å²) in [7, 11) is -4.86. The zero-order valence-corrected chi connectivity index (χ0v) is 22.0. The van der Waals surface area contributed by atoms with E-state index in [1.807, 2.05) is 36.4 Å². The molecule has 4 N–H and O–H groups in total. The molecule has 38 heavy (non-hydrogen) atoms. The monoisotopic (exact) mass is 541 g/mol. The number of aliphatic hydroxyl groups excluding tert-OH is 1. The lowest BCUT2D eigenvalue weighted by atomic mass is 9.88. The molecule has 2 aromatic carbocycles. The molecule has 0 fully saturated rings. The third-order valence-corrected chi connectivity index (χ3v) is 7.36. The fourth-order valence-electron chi connectivity index (χ4n) is 3.90. The van der Waals surface area contributed by atoms with Gasteiger partial charge in [-0.1, -0.05) is 56.0 Å². The Kier molecular flexibility index (Phi) is 9.27. The van der Waals surface area contributed by atoms with Crippen LogP contribution in [0.4, 0.5) is 5.69 Å². The van der Waals surface area contributed by atoms with Crippen LogP contribution in [0.15, 0.2) is 48.5 Å². The van der Waals surface area contributed by atoms with Gasteiger partial charge in [-0.05, 0) is 30.2 Å². The van der Waals surface area contributed by atoms with Crippen LogP contribution in [0.1, 0.15) is 43.4 Å². The number of fused-ring (bicyclic) bond motifs is 2. The second kappa shape index (κ2) is 12.2. The summed E-state index contributed by atoms with van der Waals surface area (Å²) in [6, 6.07) is 14.7. The first-order chi connectivity index (χ1) is 17.9. The minimum atomic E-state index is -4.86. The van der Waals surface area contributed by atoms with Gasteiger partial charge in [0.25, 0.3) is 10.1 Å². The van der Waals surface area contributed by atoms with E-state index in [4.69, 9.17) is 5.11 Å². The van der Waals surface area contributed by atoms with Gasteiger partial charge in [-0.2, -0.15) is 8.42 Å². The van der Waals surface area contributed by atoms with Gasteiger partial charge in [0.15, 0.2) is 5.25 Å². The molecule has 202 valence electrons. The van der Waals surface area contributed by atoms with Crippen LogP contribution in [-0.2, 0) is 31.0 Å². The molecule has 3 amide bonds. The number of hydrogen-bond acceptors (Lipinski definition) is 6. The maximum atomic E-state index is 13.3. The third-order valence-electron chi connectivity index (χ3n) is 6.26. The minimum absolute atomic E-state index is 0.124.